The third-order valence-electron chi connectivity index (χ3n) is 1.73. The van der Waals surface area contributed by atoms with E-state index in [0.717, 1.165) is 6.26 Å². The maximum absolute atomic E-state index is 11.5. The lowest BCUT2D eigenvalue weighted by molar-refractivity contribution is 0.101. The van der Waals surface area contributed by atoms with E-state index in [1.165, 1.54) is 0 Å². The van der Waals surface area contributed by atoms with Gasteiger partial charge in [-0.05, 0) is 19.9 Å². The molecule has 0 N–H and O–H groups in total. The van der Waals surface area contributed by atoms with E-state index in [4.69, 9.17) is 4.42 Å². The molecule has 0 saturated carbocycles. The summed E-state index contributed by atoms with van der Waals surface area (Å²) in [4.78, 5) is 11.5. The quantitative estimate of drug-likeness (QED) is 0.710. The van der Waals surface area contributed by atoms with Gasteiger partial charge in [-0.15, -0.1) is 0 Å². The van der Waals surface area contributed by atoms with Crippen LogP contribution in [0, 0.1) is 13.8 Å². The minimum Gasteiger partial charge on any atom is -0.466 e. The fraction of sp³-hybridized carbons (Fsp3) is 0.444. The average Bonchev–Trinajstić information content (AvgIpc) is 2.26. The van der Waals surface area contributed by atoms with Crippen molar-refractivity contribution in [2.75, 3.05) is 12.0 Å². The molecule has 5 heteroatoms. The van der Waals surface area contributed by atoms with Gasteiger partial charge in [-0.2, -0.15) is 0 Å². The molecule has 0 amide bonds. The van der Waals surface area contributed by atoms with Gasteiger partial charge in [0.05, 0.1) is 5.56 Å². The van der Waals surface area contributed by atoms with Gasteiger partial charge < -0.3 is 4.42 Å². The lowest BCUT2D eigenvalue weighted by Gasteiger charge is -1.96. The average molecular weight is 216 g/mol. The fourth-order valence-corrected chi connectivity index (χ4v) is 1.86. The van der Waals surface area contributed by atoms with E-state index in [0.29, 0.717) is 17.1 Å². The second-order valence-corrected chi connectivity index (χ2v) is 5.46. The fourth-order valence-electron chi connectivity index (χ4n) is 1.22. The zero-order valence-corrected chi connectivity index (χ0v) is 9.14. The zero-order chi connectivity index (χ0) is 10.9. The highest BCUT2D eigenvalue weighted by atomic mass is 32.2. The molecule has 0 aliphatic heterocycles. The molecule has 0 fully saturated rings. The maximum Gasteiger partial charge on any atom is 0.181 e. The number of carbonyl (C=O) groups excluding carboxylic acids is 1. The minimum atomic E-state index is -3.27. The lowest BCUT2D eigenvalue weighted by Crippen LogP contribution is -2.14. The van der Waals surface area contributed by atoms with Crippen LogP contribution in [-0.4, -0.2) is 26.2 Å². The van der Waals surface area contributed by atoms with E-state index in [1.807, 2.05) is 0 Å². The monoisotopic (exact) mass is 216 g/mol. The molecule has 0 spiro atoms. The first-order valence-corrected chi connectivity index (χ1v) is 6.13. The number of carbonyl (C=O) groups is 1. The maximum atomic E-state index is 11.5. The SMILES string of the molecule is Cc1cc(C(=O)CS(C)(=O)=O)c(C)o1. The molecule has 0 saturated heterocycles. The van der Waals surface area contributed by atoms with Crippen molar-refractivity contribution < 1.29 is 17.6 Å². The molecule has 0 aliphatic rings. The van der Waals surface area contributed by atoms with Gasteiger partial charge in [-0.1, -0.05) is 0 Å². The number of furan rings is 1. The lowest BCUT2D eigenvalue weighted by atomic mass is 10.2. The molecule has 0 aromatic carbocycles. The number of hydrogen-bond acceptors (Lipinski definition) is 4. The smallest absolute Gasteiger partial charge is 0.181 e. The predicted molar refractivity (Wildman–Crippen MR) is 52.2 cm³/mol. The van der Waals surface area contributed by atoms with Crippen molar-refractivity contribution in [3.63, 3.8) is 0 Å². The van der Waals surface area contributed by atoms with Crippen molar-refractivity contribution in [1.82, 2.24) is 0 Å². The Hall–Kier alpha value is -1.10. The Morgan fingerprint density at radius 1 is 1.43 bits per heavy atom. The van der Waals surface area contributed by atoms with E-state index in [1.54, 1.807) is 19.9 Å². The third-order valence-corrected chi connectivity index (χ3v) is 2.52. The molecular formula is C9H12O4S. The molecule has 1 aromatic heterocycles. The van der Waals surface area contributed by atoms with E-state index in [2.05, 4.69) is 0 Å². The van der Waals surface area contributed by atoms with Gasteiger partial charge in [-0.3, -0.25) is 4.79 Å². The third kappa shape index (κ3) is 2.70. The Morgan fingerprint density at radius 3 is 2.36 bits per heavy atom. The highest BCUT2D eigenvalue weighted by molar-refractivity contribution is 7.91. The zero-order valence-electron chi connectivity index (χ0n) is 8.33. The Balaban J connectivity index is 2.96. The molecule has 1 heterocycles. The second-order valence-electron chi connectivity index (χ2n) is 3.32. The summed E-state index contributed by atoms with van der Waals surface area (Å²) < 4.78 is 26.9. The predicted octanol–water partition coefficient (Wildman–Crippen LogP) is 1.12. The van der Waals surface area contributed by atoms with E-state index in [9.17, 15) is 13.2 Å². The normalized spacial score (nSPS) is 11.6. The second kappa shape index (κ2) is 3.57. The molecule has 14 heavy (non-hydrogen) atoms. The standard InChI is InChI=1S/C9H12O4S/c1-6-4-8(7(2)13-6)9(10)5-14(3,11)12/h4H,5H2,1-3H3. The summed E-state index contributed by atoms with van der Waals surface area (Å²) in [5.41, 5.74) is 0.355. The first-order chi connectivity index (χ1) is 6.29. The molecule has 1 rings (SSSR count). The van der Waals surface area contributed by atoms with Crippen LogP contribution in [0.4, 0.5) is 0 Å². The van der Waals surface area contributed by atoms with Crippen LogP contribution >= 0.6 is 0 Å². The van der Waals surface area contributed by atoms with E-state index < -0.39 is 21.4 Å². The summed E-state index contributed by atoms with van der Waals surface area (Å²) in [6.45, 7) is 3.35. The van der Waals surface area contributed by atoms with Crippen LogP contribution in [-0.2, 0) is 9.84 Å². The van der Waals surface area contributed by atoms with Gasteiger partial charge >= 0.3 is 0 Å². The highest BCUT2D eigenvalue weighted by Crippen LogP contribution is 2.14. The van der Waals surface area contributed by atoms with Crippen LogP contribution < -0.4 is 0 Å². The van der Waals surface area contributed by atoms with E-state index in [-0.39, 0.29) is 0 Å². The van der Waals surface area contributed by atoms with Crippen LogP contribution in [0.3, 0.4) is 0 Å². The Labute approximate surface area is 82.8 Å². The van der Waals surface area contributed by atoms with Gasteiger partial charge in [0.15, 0.2) is 15.6 Å². The Morgan fingerprint density at radius 2 is 2.00 bits per heavy atom. The van der Waals surface area contributed by atoms with Crippen molar-refractivity contribution in [2.45, 2.75) is 13.8 Å². The van der Waals surface area contributed by atoms with Crippen LogP contribution in [0.2, 0.25) is 0 Å². The van der Waals surface area contributed by atoms with Gasteiger partial charge in [0.2, 0.25) is 0 Å². The summed E-state index contributed by atoms with van der Waals surface area (Å²) in [6.07, 6.45) is 1.03. The van der Waals surface area contributed by atoms with Crippen molar-refractivity contribution in [1.29, 1.82) is 0 Å². The first kappa shape index (κ1) is 11.0. The summed E-state index contributed by atoms with van der Waals surface area (Å²) in [7, 11) is -3.27. The number of rotatable bonds is 3. The number of sulfone groups is 1. The van der Waals surface area contributed by atoms with Crippen molar-refractivity contribution in [3.8, 4) is 0 Å². The van der Waals surface area contributed by atoms with Crippen molar-refractivity contribution in [2.24, 2.45) is 0 Å². The Kier molecular flexibility index (Phi) is 2.80. The number of ketones is 1. The van der Waals surface area contributed by atoms with Gasteiger partial charge in [0, 0.05) is 6.26 Å². The molecule has 4 nitrogen and oxygen atoms in total. The van der Waals surface area contributed by atoms with Crippen LogP contribution in [0.5, 0.6) is 0 Å². The van der Waals surface area contributed by atoms with Crippen molar-refractivity contribution >= 4 is 15.6 Å². The summed E-state index contributed by atoms with van der Waals surface area (Å²) in [5.74, 6) is 0.199. The van der Waals surface area contributed by atoms with Crippen LogP contribution in [0.25, 0.3) is 0 Å². The van der Waals surface area contributed by atoms with Crippen LogP contribution in [0.15, 0.2) is 10.5 Å². The molecule has 0 unspecified atom stereocenters. The molecule has 0 radical (unpaired) electrons. The number of aryl methyl sites for hydroxylation is 2. The highest BCUT2D eigenvalue weighted by Gasteiger charge is 2.17. The number of Topliss-reactive ketones (excluding diaryl/α,β-unsaturated/α-hetero) is 1. The number of hydrogen-bond donors (Lipinski definition) is 0. The summed E-state index contributed by atoms with van der Waals surface area (Å²) >= 11 is 0. The molecule has 78 valence electrons. The van der Waals surface area contributed by atoms with Crippen molar-refractivity contribution in [3.05, 3.63) is 23.2 Å². The van der Waals surface area contributed by atoms with Gasteiger partial charge in [0.25, 0.3) is 0 Å². The Bertz CT molecular complexity index is 453. The molecule has 0 atom stereocenters. The first-order valence-electron chi connectivity index (χ1n) is 4.07. The molecule has 0 aliphatic carbocycles. The molecular weight excluding hydrogens is 204 g/mol. The van der Waals surface area contributed by atoms with Gasteiger partial charge in [0.1, 0.15) is 17.3 Å². The van der Waals surface area contributed by atoms with E-state index >= 15 is 0 Å². The molecule has 1 aromatic rings. The summed E-state index contributed by atoms with van der Waals surface area (Å²) in [6, 6.07) is 1.56. The minimum absolute atomic E-state index is 0.355. The molecule has 0 bridgehead atoms. The summed E-state index contributed by atoms with van der Waals surface area (Å²) in [5, 5.41) is 0. The largest absolute Gasteiger partial charge is 0.466 e. The topological polar surface area (TPSA) is 64.3 Å². The van der Waals surface area contributed by atoms with Crippen LogP contribution in [0.1, 0.15) is 21.9 Å². The van der Waals surface area contributed by atoms with Gasteiger partial charge in [-0.25, -0.2) is 8.42 Å².